The zero-order valence-electron chi connectivity index (χ0n) is 17.2. The number of fused-ring (bicyclic) bond motifs is 1. The van der Waals surface area contributed by atoms with E-state index in [-0.39, 0.29) is 6.03 Å². The lowest BCUT2D eigenvalue weighted by atomic mass is 10.1. The number of pyridine rings is 1. The summed E-state index contributed by atoms with van der Waals surface area (Å²) in [5.74, 6) is 0.903. The molecular formula is C24H25N5O. The van der Waals surface area contributed by atoms with Crippen molar-refractivity contribution in [1.82, 2.24) is 19.9 Å². The molecule has 0 radical (unpaired) electrons. The molecule has 2 aromatic carbocycles. The average Bonchev–Trinajstić information content (AvgIpc) is 3.09. The van der Waals surface area contributed by atoms with Crippen LogP contribution in [0.4, 0.5) is 10.5 Å². The summed E-state index contributed by atoms with van der Waals surface area (Å²) in [4.78, 5) is 21.7. The molecular weight excluding hydrogens is 374 g/mol. The van der Waals surface area contributed by atoms with E-state index in [2.05, 4.69) is 32.3 Å². The van der Waals surface area contributed by atoms with Crippen molar-refractivity contribution < 1.29 is 4.79 Å². The van der Waals surface area contributed by atoms with Crippen LogP contribution in [-0.4, -0.2) is 27.1 Å². The average molecular weight is 399 g/mol. The smallest absolute Gasteiger partial charge is 0.319 e. The number of rotatable bonds is 6. The van der Waals surface area contributed by atoms with Crippen molar-refractivity contribution in [2.24, 2.45) is 0 Å². The van der Waals surface area contributed by atoms with E-state index in [4.69, 9.17) is 4.98 Å². The molecule has 4 aromatic rings. The summed E-state index contributed by atoms with van der Waals surface area (Å²) in [5.41, 5.74) is 5.85. The third-order valence-corrected chi connectivity index (χ3v) is 5.12. The predicted molar refractivity (Wildman–Crippen MR) is 120 cm³/mol. The van der Waals surface area contributed by atoms with Crippen LogP contribution in [0.2, 0.25) is 0 Å². The van der Waals surface area contributed by atoms with Crippen LogP contribution in [0.25, 0.3) is 11.2 Å². The monoisotopic (exact) mass is 399 g/mol. The van der Waals surface area contributed by atoms with E-state index in [0.29, 0.717) is 19.5 Å². The highest BCUT2D eigenvalue weighted by atomic mass is 16.2. The summed E-state index contributed by atoms with van der Waals surface area (Å²) in [6.07, 6.45) is 2.40. The van der Waals surface area contributed by atoms with Gasteiger partial charge >= 0.3 is 6.03 Å². The fourth-order valence-corrected chi connectivity index (χ4v) is 3.59. The van der Waals surface area contributed by atoms with Gasteiger partial charge in [0.05, 0.1) is 6.54 Å². The van der Waals surface area contributed by atoms with Crippen molar-refractivity contribution in [1.29, 1.82) is 0 Å². The number of hydrogen-bond acceptors (Lipinski definition) is 3. The minimum Gasteiger partial charge on any atom is -0.337 e. The van der Waals surface area contributed by atoms with E-state index in [9.17, 15) is 4.79 Å². The number of aryl methyl sites for hydroxylation is 2. The number of nitrogens with one attached hydrogen (secondary N) is 2. The molecule has 30 heavy (non-hydrogen) atoms. The van der Waals surface area contributed by atoms with E-state index in [1.165, 1.54) is 5.56 Å². The number of benzene rings is 2. The molecule has 0 fully saturated rings. The molecule has 4 rings (SSSR count). The second-order valence-corrected chi connectivity index (χ2v) is 7.34. The number of urea groups is 1. The van der Waals surface area contributed by atoms with Crippen LogP contribution in [0.5, 0.6) is 0 Å². The number of carbonyl (C=O) groups excluding carboxylic acids is 1. The molecule has 2 amide bonds. The number of imidazole rings is 1. The molecule has 0 atom stereocenters. The quantitative estimate of drug-likeness (QED) is 0.503. The van der Waals surface area contributed by atoms with Crippen LogP contribution in [0.3, 0.4) is 0 Å². The molecule has 0 aliphatic heterocycles. The number of hydrogen-bond donors (Lipinski definition) is 2. The second kappa shape index (κ2) is 8.78. The lowest BCUT2D eigenvalue weighted by molar-refractivity contribution is 0.252. The Morgan fingerprint density at radius 2 is 1.73 bits per heavy atom. The molecule has 152 valence electrons. The molecule has 0 aliphatic carbocycles. The fraction of sp³-hybridized carbons (Fsp3) is 0.208. The van der Waals surface area contributed by atoms with Crippen molar-refractivity contribution >= 4 is 22.9 Å². The first-order valence-corrected chi connectivity index (χ1v) is 10.1. The van der Waals surface area contributed by atoms with Gasteiger partial charge in [0.2, 0.25) is 0 Å². The van der Waals surface area contributed by atoms with E-state index < -0.39 is 0 Å². The number of anilines is 1. The van der Waals surface area contributed by atoms with Crippen LogP contribution in [-0.2, 0) is 13.0 Å². The topological polar surface area (TPSA) is 71.8 Å². The Morgan fingerprint density at radius 3 is 2.50 bits per heavy atom. The first kappa shape index (κ1) is 19.6. The van der Waals surface area contributed by atoms with Crippen LogP contribution in [0.1, 0.15) is 22.5 Å². The lowest BCUT2D eigenvalue weighted by Crippen LogP contribution is -2.31. The zero-order valence-corrected chi connectivity index (χ0v) is 17.2. The highest BCUT2D eigenvalue weighted by Gasteiger charge is 2.13. The molecule has 6 heteroatoms. The van der Waals surface area contributed by atoms with Gasteiger partial charge in [0.1, 0.15) is 11.3 Å². The van der Waals surface area contributed by atoms with Gasteiger partial charge in [-0.15, -0.1) is 0 Å². The van der Waals surface area contributed by atoms with E-state index in [0.717, 1.165) is 33.8 Å². The maximum Gasteiger partial charge on any atom is 0.319 e. The number of carbonyl (C=O) groups is 1. The summed E-state index contributed by atoms with van der Waals surface area (Å²) in [7, 11) is 0. The van der Waals surface area contributed by atoms with Crippen molar-refractivity contribution in [3.63, 3.8) is 0 Å². The minimum atomic E-state index is -0.212. The van der Waals surface area contributed by atoms with Gasteiger partial charge in [-0.1, -0.05) is 48.5 Å². The van der Waals surface area contributed by atoms with Gasteiger partial charge in [0, 0.05) is 24.8 Å². The summed E-state index contributed by atoms with van der Waals surface area (Å²) < 4.78 is 2.12. The van der Waals surface area contributed by atoms with Gasteiger partial charge in [-0.25, -0.2) is 14.8 Å². The van der Waals surface area contributed by atoms with Gasteiger partial charge in [-0.3, -0.25) is 0 Å². The molecule has 0 aliphatic rings. The van der Waals surface area contributed by atoms with Crippen LogP contribution in [0.15, 0.2) is 66.9 Å². The first-order valence-electron chi connectivity index (χ1n) is 10.1. The molecule has 2 N–H and O–H groups in total. The Balaban J connectivity index is 1.46. The molecule has 0 unspecified atom stereocenters. The Labute approximate surface area is 176 Å². The van der Waals surface area contributed by atoms with Crippen LogP contribution < -0.4 is 10.6 Å². The first-order chi connectivity index (χ1) is 14.6. The number of nitrogens with zero attached hydrogens (tertiary/aromatic N) is 3. The Kier molecular flexibility index (Phi) is 5.75. The van der Waals surface area contributed by atoms with E-state index in [1.807, 2.05) is 62.4 Å². The van der Waals surface area contributed by atoms with Crippen molar-refractivity contribution in [3.8, 4) is 0 Å². The molecule has 2 aromatic heterocycles. The fourth-order valence-electron chi connectivity index (χ4n) is 3.59. The normalized spacial score (nSPS) is 10.9. The Bertz CT molecular complexity index is 1150. The molecule has 0 spiro atoms. The second-order valence-electron chi connectivity index (χ2n) is 7.34. The highest BCUT2D eigenvalue weighted by Crippen LogP contribution is 2.19. The predicted octanol–water partition coefficient (Wildman–Crippen LogP) is 4.46. The Hall–Kier alpha value is -3.67. The van der Waals surface area contributed by atoms with E-state index >= 15 is 0 Å². The van der Waals surface area contributed by atoms with Gasteiger partial charge < -0.3 is 15.2 Å². The van der Waals surface area contributed by atoms with Gasteiger partial charge in [-0.05, 0) is 42.7 Å². The standard InChI is InChI=1S/C24H25N5O/c1-17-8-6-9-18(2)22(17)28-24(30)26-15-13-21-27-20-12-7-14-25-23(20)29(21)16-19-10-4-3-5-11-19/h3-12,14H,13,15-16H2,1-2H3,(H2,26,28,30). The molecule has 0 saturated heterocycles. The summed E-state index contributed by atoms with van der Waals surface area (Å²) in [5, 5.41) is 5.90. The molecule has 0 bridgehead atoms. The minimum absolute atomic E-state index is 0.212. The highest BCUT2D eigenvalue weighted by molar-refractivity contribution is 5.91. The van der Waals surface area contributed by atoms with Gasteiger partial charge in [-0.2, -0.15) is 0 Å². The summed E-state index contributed by atoms with van der Waals surface area (Å²) in [6, 6.07) is 19.9. The largest absolute Gasteiger partial charge is 0.337 e. The van der Waals surface area contributed by atoms with Crippen molar-refractivity contribution in [2.75, 3.05) is 11.9 Å². The Morgan fingerprint density at radius 1 is 0.967 bits per heavy atom. The summed E-state index contributed by atoms with van der Waals surface area (Å²) >= 11 is 0. The summed E-state index contributed by atoms with van der Waals surface area (Å²) in [6.45, 7) is 5.15. The van der Waals surface area contributed by atoms with Gasteiger partial charge in [0.15, 0.2) is 5.65 Å². The van der Waals surface area contributed by atoms with Gasteiger partial charge in [0.25, 0.3) is 0 Å². The van der Waals surface area contributed by atoms with Crippen LogP contribution >= 0.6 is 0 Å². The zero-order chi connectivity index (χ0) is 20.9. The van der Waals surface area contributed by atoms with Crippen molar-refractivity contribution in [3.05, 3.63) is 89.4 Å². The van der Waals surface area contributed by atoms with Crippen LogP contribution in [0, 0.1) is 13.8 Å². The molecule has 0 saturated carbocycles. The van der Waals surface area contributed by atoms with Crippen molar-refractivity contribution in [2.45, 2.75) is 26.8 Å². The maximum atomic E-state index is 12.4. The SMILES string of the molecule is Cc1cccc(C)c1NC(=O)NCCc1nc2cccnc2n1Cc1ccccc1. The van der Waals surface area contributed by atoms with E-state index in [1.54, 1.807) is 6.20 Å². The maximum absolute atomic E-state index is 12.4. The number of amides is 2. The molecule has 6 nitrogen and oxygen atoms in total. The third-order valence-electron chi connectivity index (χ3n) is 5.12. The number of aromatic nitrogens is 3. The molecule has 2 heterocycles. The lowest BCUT2D eigenvalue weighted by Gasteiger charge is -2.13. The third kappa shape index (κ3) is 4.33. The number of para-hydroxylation sites is 1.